The van der Waals surface area contributed by atoms with Crippen LogP contribution in [0.5, 0.6) is 5.75 Å². The molecule has 0 aliphatic carbocycles. The molecule has 202 valence electrons. The van der Waals surface area contributed by atoms with Crippen molar-refractivity contribution >= 4 is 28.8 Å². The fourth-order valence-electron chi connectivity index (χ4n) is 3.74. The second-order valence-electron chi connectivity index (χ2n) is 8.60. The van der Waals surface area contributed by atoms with E-state index in [1.54, 1.807) is 49.4 Å². The summed E-state index contributed by atoms with van der Waals surface area (Å²) in [5, 5.41) is 4.56. The van der Waals surface area contributed by atoms with E-state index >= 15 is 0 Å². The van der Waals surface area contributed by atoms with Gasteiger partial charge in [0, 0.05) is 37.0 Å². The number of anilines is 1. The third kappa shape index (κ3) is 6.25. The number of alkyl halides is 3. The van der Waals surface area contributed by atoms with E-state index in [1.807, 2.05) is 19.0 Å². The lowest BCUT2D eigenvalue weighted by molar-refractivity contribution is -0.145. The summed E-state index contributed by atoms with van der Waals surface area (Å²) in [6.45, 7) is 1.53. The van der Waals surface area contributed by atoms with Crippen molar-refractivity contribution in [3.05, 3.63) is 88.2 Å². The van der Waals surface area contributed by atoms with Gasteiger partial charge >= 0.3 is 12.1 Å². The predicted octanol–water partition coefficient (Wildman–Crippen LogP) is 4.97. The number of benzene rings is 3. The summed E-state index contributed by atoms with van der Waals surface area (Å²) in [4.78, 5) is 31.6. The number of carbonyl (C=O) groups excluding carboxylic acids is 1. The van der Waals surface area contributed by atoms with Gasteiger partial charge in [-0.05, 0) is 43.3 Å². The van der Waals surface area contributed by atoms with E-state index in [1.165, 1.54) is 18.3 Å². The number of para-hydroxylation sites is 1. The monoisotopic (exact) mass is 538 g/mol. The zero-order valence-corrected chi connectivity index (χ0v) is 21.4. The first kappa shape index (κ1) is 27.4. The van der Waals surface area contributed by atoms with E-state index in [-0.39, 0.29) is 30.0 Å². The van der Waals surface area contributed by atoms with E-state index in [0.717, 1.165) is 22.5 Å². The highest BCUT2D eigenvalue weighted by atomic mass is 19.4. The SMILES string of the molecule is CCOC(=O)COc1cc(N(C)C)ccc1C=Nn1c(-c2cccc(C(F)(F)F)c2)nc2ccccc2c1=O. The number of esters is 1. The molecule has 8 nitrogen and oxygen atoms in total. The zero-order valence-electron chi connectivity index (χ0n) is 21.4. The molecule has 0 unspecified atom stereocenters. The van der Waals surface area contributed by atoms with Crippen LogP contribution in [0.25, 0.3) is 22.3 Å². The van der Waals surface area contributed by atoms with Gasteiger partial charge in [-0.1, -0.05) is 24.3 Å². The summed E-state index contributed by atoms with van der Waals surface area (Å²) in [6.07, 6.45) is -3.25. The van der Waals surface area contributed by atoms with Crippen molar-refractivity contribution in [3.8, 4) is 17.1 Å². The summed E-state index contributed by atoms with van der Waals surface area (Å²) >= 11 is 0. The first-order valence-corrected chi connectivity index (χ1v) is 11.9. The highest BCUT2D eigenvalue weighted by Crippen LogP contribution is 2.32. The van der Waals surface area contributed by atoms with E-state index in [4.69, 9.17) is 9.47 Å². The second-order valence-corrected chi connectivity index (χ2v) is 8.60. The molecule has 0 aliphatic rings. The maximum atomic E-state index is 13.4. The van der Waals surface area contributed by atoms with Crippen LogP contribution in [0, 0.1) is 0 Å². The van der Waals surface area contributed by atoms with Gasteiger partial charge in [0.1, 0.15) is 5.75 Å². The molecule has 0 atom stereocenters. The minimum absolute atomic E-state index is 0.0616. The van der Waals surface area contributed by atoms with Crippen LogP contribution in [-0.2, 0) is 15.7 Å². The van der Waals surface area contributed by atoms with Gasteiger partial charge < -0.3 is 14.4 Å². The summed E-state index contributed by atoms with van der Waals surface area (Å²) in [6, 6.07) is 16.2. The third-order valence-corrected chi connectivity index (χ3v) is 5.68. The molecule has 0 radical (unpaired) electrons. The molecule has 1 aromatic heterocycles. The number of hydrogen-bond acceptors (Lipinski definition) is 7. The van der Waals surface area contributed by atoms with Crippen LogP contribution in [0.15, 0.2) is 76.6 Å². The van der Waals surface area contributed by atoms with E-state index in [0.29, 0.717) is 16.8 Å². The number of carbonyl (C=O) groups is 1. The van der Waals surface area contributed by atoms with Gasteiger partial charge in [0.2, 0.25) is 0 Å². The largest absolute Gasteiger partial charge is 0.481 e. The molecule has 0 aliphatic heterocycles. The summed E-state index contributed by atoms with van der Waals surface area (Å²) in [5.74, 6) is -0.335. The van der Waals surface area contributed by atoms with Crippen molar-refractivity contribution in [1.29, 1.82) is 0 Å². The Kier molecular flexibility index (Phi) is 7.99. The van der Waals surface area contributed by atoms with Gasteiger partial charge in [0.15, 0.2) is 12.4 Å². The molecule has 0 saturated heterocycles. The van der Waals surface area contributed by atoms with Crippen LogP contribution in [0.4, 0.5) is 18.9 Å². The Morgan fingerprint density at radius 3 is 2.56 bits per heavy atom. The van der Waals surface area contributed by atoms with Crippen LogP contribution in [0.2, 0.25) is 0 Å². The Morgan fingerprint density at radius 2 is 1.85 bits per heavy atom. The topological polar surface area (TPSA) is 86.0 Å². The highest BCUT2D eigenvalue weighted by molar-refractivity contribution is 5.86. The number of fused-ring (bicyclic) bond motifs is 1. The molecule has 0 amide bonds. The normalized spacial score (nSPS) is 11.6. The molecule has 11 heteroatoms. The Bertz CT molecular complexity index is 1600. The average Bonchev–Trinajstić information content (AvgIpc) is 2.91. The number of rotatable bonds is 8. The number of halogens is 3. The van der Waals surface area contributed by atoms with Gasteiger partial charge in [-0.2, -0.15) is 22.9 Å². The molecule has 1 heterocycles. The lowest BCUT2D eigenvalue weighted by Gasteiger charge is -2.16. The van der Waals surface area contributed by atoms with Crippen LogP contribution >= 0.6 is 0 Å². The van der Waals surface area contributed by atoms with Crippen molar-refractivity contribution in [1.82, 2.24) is 9.66 Å². The number of nitrogens with zero attached hydrogens (tertiary/aromatic N) is 4. The van der Waals surface area contributed by atoms with Gasteiger partial charge in [0.25, 0.3) is 5.56 Å². The second kappa shape index (κ2) is 11.4. The lowest BCUT2D eigenvalue weighted by Crippen LogP contribution is -2.20. The number of hydrogen-bond donors (Lipinski definition) is 0. The Morgan fingerprint density at radius 1 is 1.08 bits per heavy atom. The minimum Gasteiger partial charge on any atom is -0.481 e. The van der Waals surface area contributed by atoms with Crippen molar-refractivity contribution in [3.63, 3.8) is 0 Å². The first-order chi connectivity index (χ1) is 18.6. The van der Waals surface area contributed by atoms with E-state index in [2.05, 4.69) is 10.1 Å². The standard InChI is InChI=1S/C28H25F3N4O4/c1-4-38-25(36)17-39-24-15-21(34(2)3)13-12-19(24)16-32-35-26(18-8-7-9-20(14-18)28(29,30)31)33-23-11-6-5-10-22(23)27(35)37/h5-16H,4,17H2,1-3H3. The molecule has 39 heavy (non-hydrogen) atoms. The number of aromatic nitrogens is 2. The van der Waals surface area contributed by atoms with Crippen LogP contribution in [0.3, 0.4) is 0 Å². The molecule has 4 aromatic rings. The molecule has 0 fully saturated rings. The van der Waals surface area contributed by atoms with E-state index in [9.17, 15) is 22.8 Å². The maximum absolute atomic E-state index is 13.4. The fourth-order valence-corrected chi connectivity index (χ4v) is 3.74. The van der Waals surface area contributed by atoms with Crippen LogP contribution < -0.4 is 15.2 Å². The molecule has 0 saturated carbocycles. The predicted molar refractivity (Wildman–Crippen MR) is 142 cm³/mol. The van der Waals surface area contributed by atoms with Crippen molar-refractivity contribution in [2.75, 3.05) is 32.2 Å². The van der Waals surface area contributed by atoms with Crippen molar-refractivity contribution < 1.29 is 27.4 Å². The van der Waals surface area contributed by atoms with Crippen molar-refractivity contribution in [2.45, 2.75) is 13.1 Å². The Hall–Kier alpha value is -4.67. The average molecular weight is 539 g/mol. The van der Waals surface area contributed by atoms with Crippen LogP contribution in [0.1, 0.15) is 18.1 Å². The molecule has 3 aromatic carbocycles. The van der Waals surface area contributed by atoms with Crippen molar-refractivity contribution in [2.24, 2.45) is 5.10 Å². The van der Waals surface area contributed by atoms with Gasteiger partial charge in [-0.25, -0.2) is 9.78 Å². The van der Waals surface area contributed by atoms with Gasteiger partial charge in [-0.15, -0.1) is 0 Å². The number of ether oxygens (including phenoxy) is 2. The third-order valence-electron chi connectivity index (χ3n) is 5.68. The fraction of sp³-hybridized carbons (Fsp3) is 0.214. The minimum atomic E-state index is -4.58. The Balaban J connectivity index is 1.84. The lowest BCUT2D eigenvalue weighted by atomic mass is 10.1. The molecular formula is C28H25F3N4O4. The zero-order chi connectivity index (χ0) is 28.2. The quantitative estimate of drug-likeness (QED) is 0.233. The summed E-state index contributed by atoms with van der Waals surface area (Å²) in [5.41, 5.74) is 0.122. The molecular weight excluding hydrogens is 513 g/mol. The maximum Gasteiger partial charge on any atom is 0.416 e. The van der Waals surface area contributed by atoms with E-state index < -0.39 is 23.3 Å². The highest BCUT2D eigenvalue weighted by Gasteiger charge is 2.31. The smallest absolute Gasteiger partial charge is 0.416 e. The van der Waals surface area contributed by atoms with Gasteiger partial charge in [0.05, 0.1) is 29.3 Å². The molecule has 0 bridgehead atoms. The molecule has 0 N–H and O–H groups in total. The molecule has 4 rings (SSSR count). The van der Waals surface area contributed by atoms with Crippen LogP contribution in [-0.4, -0.2) is 49.2 Å². The summed E-state index contributed by atoms with van der Waals surface area (Å²) < 4.78 is 51.8. The first-order valence-electron chi connectivity index (χ1n) is 11.9. The van der Waals surface area contributed by atoms with Gasteiger partial charge in [-0.3, -0.25) is 4.79 Å². The molecule has 0 spiro atoms. The Labute approximate surface area is 221 Å². The summed E-state index contributed by atoms with van der Waals surface area (Å²) in [7, 11) is 3.67.